The molecule has 0 unspecified atom stereocenters. The maximum Gasteiger partial charge on any atom is 0.446 e. The summed E-state index contributed by atoms with van der Waals surface area (Å²) in [5.41, 5.74) is 0. The summed E-state index contributed by atoms with van der Waals surface area (Å²) in [6.07, 6.45) is 0. The van der Waals surface area contributed by atoms with Crippen molar-refractivity contribution in [2.75, 3.05) is 7.11 Å². The molecular weight excluding hydrogens is 324 g/mol. The molecule has 0 bridgehead atoms. The molecule has 2 aromatic rings. The molecule has 0 heterocycles. The smallest absolute Gasteiger partial charge is 0.446 e. The number of hydrogen-bond donors (Lipinski definition) is 2. The number of hydrogen-bond acceptors (Lipinski definition) is 6. The predicted molar refractivity (Wildman–Crippen MR) is 72.5 cm³/mol. The molecule has 0 aliphatic heterocycles. The largest absolute Gasteiger partial charge is 0.496 e. The van der Waals surface area contributed by atoms with E-state index in [0.29, 0.717) is 5.39 Å². The molecule has 0 saturated carbocycles. The first-order chi connectivity index (χ1) is 9.63. The van der Waals surface area contributed by atoms with Crippen molar-refractivity contribution >= 4 is 31.3 Å². The van der Waals surface area contributed by atoms with E-state index in [1.54, 1.807) is 6.07 Å². The van der Waals surface area contributed by atoms with Crippen LogP contribution in [0.15, 0.2) is 35.2 Å². The van der Waals surface area contributed by atoms with Gasteiger partial charge in [-0.05, 0) is 0 Å². The summed E-state index contributed by atoms with van der Waals surface area (Å²) >= 11 is 0. The third kappa shape index (κ3) is 3.24. The summed E-state index contributed by atoms with van der Waals surface area (Å²) in [4.78, 5) is -0.837. The highest BCUT2D eigenvalue weighted by Crippen LogP contribution is 2.39. The van der Waals surface area contributed by atoms with E-state index in [4.69, 9.17) is 9.29 Å². The Bertz CT molecular complexity index is 899. The fourth-order valence-electron chi connectivity index (χ4n) is 1.84. The van der Waals surface area contributed by atoms with Crippen LogP contribution in [0.5, 0.6) is 11.5 Å². The number of rotatable bonds is 4. The monoisotopic (exact) mass is 334 g/mol. The zero-order chi connectivity index (χ0) is 15.8. The van der Waals surface area contributed by atoms with Crippen LogP contribution in [0.3, 0.4) is 0 Å². The van der Waals surface area contributed by atoms with Gasteiger partial charge in [-0.3, -0.25) is 9.11 Å². The van der Waals surface area contributed by atoms with E-state index >= 15 is 0 Å². The van der Waals surface area contributed by atoms with E-state index in [-0.39, 0.29) is 11.1 Å². The van der Waals surface area contributed by atoms with Gasteiger partial charge >= 0.3 is 10.4 Å². The highest BCUT2D eigenvalue weighted by atomic mass is 32.3. The van der Waals surface area contributed by atoms with Crippen molar-refractivity contribution in [3.8, 4) is 11.5 Å². The lowest BCUT2D eigenvalue weighted by atomic mass is 10.1. The van der Waals surface area contributed by atoms with Gasteiger partial charge in [-0.15, -0.1) is 0 Å². The molecule has 8 nitrogen and oxygen atoms in total. The lowest BCUT2D eigenvalue weighted by molar-refractivity contribution is 0.382. The Morgan fingerprint density at radius 3 is 2.05 bits per heavy atom. The number of benzene rings is 2. The molecule has 0 saturated heterocycles. The summed E-state index contributed by atoms with van der Waals surface area (Å²) < 4.78 is 71.9. The Balaban J connectivity index is 2.97. The van der Waals surface area contributed by atoms with Crippen molar-refractivity contribution in [2.24, 2.45) is 0 Å². The Morgan fingerprint density at radius 2 is 1.57 bits per heavy atom. The van der Waals surface area contributed by atoms with Gasteiger partial charge in [0, 0.05) is 16.8 Å². The molecule has 10 heteroatoms. The minimum Gasteiger partial charge on any atom is -0.496 e. The van der Waals surface area contributed by atoms with Crippen molar-refractivity contribution in [1.29, 1.82) is 0 Å². The van der Waals surface area contributed by atoms with Crippen LogP contribution in [0, 0.1) is 0 Å². The predicted octanol–water partition coefficient (Wildman–Crippen LogP) is 1.28. The van der Waals surface area contributed by atoms with Crippen molar-refractivity contribution in [3.63, 3.8) is 0 Å². The molecule has 0 aromatic heterocycles. The molecule has 0 atom stereocenters. The van der Waals surface area contributed by atoms with E-state index < -0.39 is 31.2 Å². The lowest BCUT2D eigenvalue weighted by Crippen LogP contribution is -2.11. The van der Waals surface area contributed by atoms with Gasteiger partial charge in [-0.1, -0.05) is 24.3 Å². The molecule has 0 aliphatic carbocycles. The third-order valence-corrected chi connectivity index (χ3v) is 3.85. The molecule has 0 fully saturated rings. The minimum atomic E-state index is -4.99. The van der Waals surface area contributed by atoms with E-state index in [1.165, 1.54) is 25.3 Å². The second-order valence-corrected chi connectivity index (χ2v) is 6.35. The number of ether oxygens (including phenoxy) is 1. The average Bonchev–Trinajstić information content (AvgIpc) is 2.36. The van der Waals surface area contributed by atoms with Crippen LogP contribution >= 0.6 is 0 Å². The molecule has 21 heavy (non-hydrogen) atoms. The Kier molecular flexibility index (Phi) is 3.80. The molecule has 114 valence electrons. The normalized spacial score (nSPS) is 12.3. The SMILES string of the molecule is COc1cc(S(=O)(=O)O)c(OS(=O)(=O)O)c2ccccc12. The second-order valence-electron chi connectivity index (χ2n) is 3.94. The Hall–Kier alpha value is -1.88. The van der Waals surface area contributed by atoms with Crippen molar-refractivity contribution < 1.29 is 34.9 Å². The molecule has 0 spiro atoms. The first-order valence-corrected chi connectivity index (χ1v) is 8.18. The quantitative estimate of drug-likeness (QED) is 0.800. The van der Waals surface area contributed by atoms with Crippen LogP contribution in [0.4, 0.5) is 0 Å². The highest BCUT2D eigenvalue weighted by molar-refractivity contribution is 7.86. The Labute approximate surface area is 120 Å². The van der Waals surface area contributed by atoms with Crippen LogP contribution < -0.4 is 8.92 Å². The lowest BCUT2D eigenvalue weighted by Gasteiger charge is -2.13. The summed E-state index contributed by atoms with van der Waals surface area (Å²) in [6, 6.07) is 6.88. The van der Waals surface area contributed by atoms with Crippen molar-refractivity contribution in [3.05, 3.63) is 30.3 Å². The first-order valence-electron chi connectivity index (χ1n) is 5.37. The average molecular weight is 334 g/mol. The van der Waals surface area contributed by atoms with Crippen LogP contribution in [0.2, 0.25) is 0 Å². The number of methoxy groups -OCH3 is 1. The number of fused-ring (bicyclic) bond motifs is 1. The molecular formula is C11H10O8S2. The molecule has 2 rings (SSSR count). The standard InChI is InChI=1S/C11H10O8S2/c1-18-9-6-10(20(12,13)14)11(19-21(15,16)17)8-5-3-2-4-7(8)9/h2-6H,1H3,(H,12,13,14)(H,15,16,17). The maximum absolute atomic E-state index is 11.4. The second kappa shape index (κ2) is 5.15. The van der Waals surface area contributed by atoms with Gasteiger partial charge in [-0.25, -0.2) is 0 Å². The van der Waals surface area contributed by atoms with Gasteiger partial charge in [-0.2, -0.15) is 16.8 Å². The van der Waals surface area contributed by atoms with Crippen LogP contribution in [-0.2, 0) is 20.5 Å². The Morgan fingerprint density at radius 1 is 1.00 bits per heavy atom. The van der Waals surface area contributed by atoms with Gasteiger partial charge in [0.1, 0.15) is 10.6 Å². The fourth-order valence-corrected chi connectivity index (χ4v) is 2.93. The van der Waals surface area contributed by atoms with E-state index in [2.05, 4.69) is 4.18 Å². The fraction of sp³-hybridized carbons (Fsp3) is 0.0909. The molecule has 0 amide bonds. The van der Waals surface area contributed by atoms with E-state index in [0.717, 1.165) is 6.07 Å². The van der Waals surface area contributed by atoms with Crippen LogP contribution in [-0.4, -0.2) is 33.1 Å². The van der Waals surface area contributed by atoms with Gasteiger partial charge in [0.05, 0.1) is 7.11 Å². The summed E-state index contributed by atoms with van der Waals surface area (Å²) in [5, 5.41) is 0.369. The first kappa shape index (κ1) is 15.5. The summed E-state index contributed by atoms with van der Waals surface area (Å²) in [6.45, 7) is 0. The summed E-state index contributed by atoms with van der Waals surface area (Å²) in [5.74, 6) is -0.627. The van der Waals surface area contributed by atoms with Gasteiger partial charge in [0.2, 0.25) is 0 Å². The van der Waals surface area contributed by atoms with Crippen molar-refractivity contribution in [2.45, 2.75) is 4.90 Å². The third-order valence-electron chi connectivity index (χ3n) is 2.61. The molecule has 2 N–H and O–H groups in total. The van der Waals surface area contributed by atoms with Crippen LogP contribution in [0.25, 0.3) is 10.8 Å². The molecule has 0 aliphatic rings. The van der Waals surface area contributed by atoms with Gasteiger partial charge in [0.15, 0.2) is 5.75 Å². The zero-order valence-corrected chi connectivity index (χ0v) is 12.2. The van der Waals surface area contributed by atoms with Gasteiger partial charge < -0.3 is 8.92 Å². The molecule has 2 aromatic carbocycles. The summed E-state index contributed by atoms with van der Waals surface area (Å²) in [7, 11) is -8.52. The zero-order valence-electron chi connectivity index (χ0n) is 10.5. The topological polar surface area (TPSA) is 127 Å². The highest BCUT2D eigenvalue weighted by Gasteiger charge is 2.25. The maximum atomic E-state index is 11.4. The van der Waals surface area contributed by atoms with E-state index in [1.807, 2.05) is 0 Å². The van der Waals surface area contributed by atoms with Crippen molar-refractivity contribution in [1.82, 2.24) is 0 Å². The van der Waals surface area contributed by atoms with E-state index in [9.17, 15) is 21.4 Å². The van der Waals surface area contributed by atoms with Gasteiger partial charge in [0.25, 0.3) is 10.1 Å². The molecule has 0 radical (unpaired) electrons. The minimum absolute atomic E-state index is 0.0297. The van der Waals surface area contributed by atoms with Crippen LogP contribution in [0.1, 0.15) is 0 Å².